The van der Waals surface area contributed by atoms with Gasteiger partial charge in [-0.15, -0.1) is 23.2 Å². The Labute approximate surface area is 161 Å². The van der Waals surface area contributed by atoms with Crippen molar-refractivity contribution in [3.8, 4) is 11.8 Å². The van der Waals surface area contributed by atoms with Crippen LogP contribution in [0.1, 0.15) is 53.6 Å². The van der Waals surface area contributed by atoms with E-state index in [9.17, 15) is 18.4 Å². The number of carboxylic acids is 1. The first-order valence-electron chi connectivity index (χ1n) is 8.92. The third-order valence-corrected chi connectivity index (χ3v) is 5.47. The zero-order valence-corrected chi connectivity index (χ0v) is 16.0. The van der Waals surface area contributed by atoms with Crippen LogP contribution in [0.5, 0.6) is 0 Å². The molecule has 4 nitrogen and oxygen atoms in total. The molecule has 0 spiro atoms. The van der Waals surface area contributed by atoms with Crippen molar-refractivity contribution in [1.82, 2.24) is 4.90 Å². The average molecular weight is 395 g/mol. The highest BCUT2D eigenvalue weighted by molar-refractivity contribution is 7.13. The smallest absolute Gasteiger partial charge is 0.345 e. The Hall–Kier alpha value is -2.20. The predicted molar refractivity (Wildman–Crippen MR) is 101 cm³/mol. The summed E-state index contributed by atoms with van der Waals surface area (Å²) in [6.07, 6.45) is 6.50. The molecule has 1 aromatic rings. The van der Waals surface area contributed by atoms with Crippen molar-refractivity contribution in [3.63, 3.8) is 0 Å². The summed E-state index contributed by atoms with van der Waals surface area (Å²) in [4.78, 5) is 25.3. The Kier molecular flexibility index (Phi) is 7.55. The number of thiophene rings is 1. The van der Waals surface area contributed by atoms with Gasteiger partial charge in [-0.05, 0) is 44.7 Å². The van der Waals surface area contributed by atoms with Gasteiger partial charge in [0.05, 0.1) is 6.04 Å². The maximum Gasteiger partial charge on any atom is 0.345 e. The molecule has 1 aliphatic rings. The highest BCUT2D eigenvalue weighted by Gasteiger charge is 2.52. The van der Waals surface area contributed by atoms with E-state index in [4.69, 9.17) is 5.11 Å². The van der Waals surface area contributed by atoms with Gasteiger partial charge in [-0.2, -0.15) is 8.78 Å². The summed E-state index contributed by atoms with van der Waals surface area (Å²) in [7, 11) is 0. The van der Waals surface area contributed by atoms with Crippen molar-refractivity contribution >= 4 is 23.2 Å². The molecule has 1 unspecified atom stereocenters. The number of nitrogens with zero attached hydrogens (tertiary/aromatic N) is 1. The summed E-state index contributed by atoms with van der Waals surface area (Å²) >= 11 is 1.17. The largest absolute Gasteiger partial charge is 0.477 e. The van der Waals surface area contributed by atoms with Crippen LogP contribution >= 0.6 is 11.3 Å². The van der Waals surface area contributed by atoms with Gasteiger partial charge in [0, 0.05) is 24.3 Å². The molecule has 7 heteroatoms. The molecular formula is C20H23F2NO3S. The van der Waals surface area contributed by atoms with Crippen molar-refractivity contribution in [2.75, 3.05) is 6.54 Å². The molecule has 1 amide bonds. The summed E-state index contributed by atoms with van der Waals surface area (Å²) in [6.45, 7) is 2.00. The number of hydrogen-bond donors (Lipinski definition) is 1. The van der Waals surface area contributed by atoms with Crippen LogP contribution in [0.3, 0.4) is 0 Å². The van der Waals surface area contributed by atoms with Crippen LogP contribution in [0.4, 0.5) is 8.78 Å². The molecular weight excluding hydrogens is 372 g/mol. The fourth-order valence-electron chi connectivity index (χ4n) is 3.00. The van der Waals surface area contributed by atoms with Crippen LogP contribution in [0, 0.1) is 11.8 Å². The third kappa shape index (κ3) is 5.90. The SMILES string of the molecule is CC#CCCC/C=C/C1CC(F)(F)C(=O)N1CCCc1ccc(C(=O)O)s1. The normalized spacial score (nSPS) is 18.7. The molecule has 27 heavy (non-hydrogen) atoms. The fraction of sp³-hybridized carbons (Fsp3) is 0.500. The second-order valence-corrected chi connectivity index (χ2v) is 7.56. The topological polar surface area (TPSA) is 57.6 Å². The lowest BCUT2D eigenvalue weighted by molar-refractivity contribution is -0.148. The van der Waals surface area contributed by atoms with Gasteiger partial charge >= 0.3 is 11.9 Å². The van der Waals surface area contributed by atoms with Gasteiger partial charge in [0.2, 0.25) is 0 Å². The minimum absolute atomic E-state index is 0.227. The molecule has 146 valence electrons. The quantitative estimate of drug-likeness (QED) is 0.384. The van der Waals surface area contributed by atoms with Crippen LogP contribution in [0.25, 0.3) is 0 Å². The molecule has 2 rings (SSSR count). The van der Waals surface area contributed by atoms with Crippen LogP contribution in [-0.2, 0) is 11.2 Å². The van der Waals surface area contributed by atoms with E-state index in [0.717, 1.165) is 24.1 Å². The molecule has 1 aliphatic heterocycles. The number of aryl methyl sites for hydroxylation is 1. The van der Waals surface area contributed by atoms with Crippen molar-refractivity contribution in [2.24, 2.45) is 0 Å². The molecule has 1 atom stereocenters. The minimum Gasteiger partial charge on any atom is -0.477 e. The summed E-state index contributed by atoms with van der Waals surface area (Å²) < 4.78 is 27.7. The number of allylic oxidation sites excluding steroid dienone is 1. The number of alkyl halides is 2. The van der Waals surface area contributed by atoms with Crippen LogP contribution in [-0.4, -0.2) is 40.4 Å². The molecule has 2 heterocycles. The summed E-state index contributed by atoms with van der Waals surface area (Å²) in [5.74, 6) is 0.351. The molecule has 1 saturated heterocycles. The second-order valence-electron chi connectivity index (χ2n) is 6.40. The van der Waals surface area contributed by atoms with Crippen molar-refractivity contribution < 1.29 is 23.5 Å². The summed E-state index contributed by atoms with van der Waals surface area (Å²) in [5.41, 5.74) is 0. The highest BCUT2D eigenvalue weighted by atomic mass is 32.1. The van der Waals surface area contributed by atoms with E-state index >= 15 is 0 Å². The Bertz CT molecular complexity index is 761. The number of amides is 1. The van der Waals surface area contributed by atoms with E-state index in [2.05, 4.69) is 11.8 Å². The lowest BCUT2D eigenvalue weighted by atomic mass is 10.1. The molecule has 0 bridgehead atoms. The third-order valence-electron chi connectivity index (χ3n) is 4.34. The number of hydrogen-bond acceptors (Lipinski definition) is 3. The first-order chi connectivity index (χ1) is 12.8. The number of carbonyl (C=O) groups excluding carboxylic acids is 1. The Morgan fingerprint density at radius 1 is 1.44 bits per heavy atom. The zero-order chi connectivity index (χ0) is 19.9. The molecule has 0 saturated carbocycles. The van der Waals surface area contributed by atoms with Gasteiger partial charge in [-0.3, -0.25) is 4.79 Å². The van der Waals surface area contributed by atoms with Gasteiger partial charge in [-0.25, -0.2) is 4.79 Å². The van der Waals surface area contributed by atoms with E-state index in [0.29, 0.717) is 12.8 Å². The van der Waals surface area contributed by atoms with Gasteiger partial charge in [-0.1, -0.05) is 12.2 Å². The lowest BCUT2D eigenvalue weighted by Gasteiger charge is -2.21. The summed E-state index contributed by atoms with van der Waals surface area (Å²) in [6, 6.07) is 2.67. The first kappa shape index (κ1) is 21.1. The van der Waals surface area contributed by atoms with Crippen LogP contribution in [0.15, 0.2) is 24.3 Å². The maximum absolute atomic E-state index is 13.8. The molecule has 0 aromatic carbocycles. The molecule has 0 radical (unpaired) electrons. The molecule has 1 aromatic heterocycles. The van der Waals surface area contributed by atoms with E-state index in [1.54, 1.807) is 19.1 Å². The Morgan fingerprint density at radius 3 is 2.89 bits per heavy atom. The monoisotopic (exact) mass is 395 g/mol. The summed E-state index contributed by atoms with van der Waals surface area (Å²) in [5, 5.41) is 8.93. The fourth-order valence-corrected chi connectivity index (χ4v) is 3.89. The van der Waals surface area contributed by atoms with Crippen LogP contribution in [0.2, 0.25) is 0 Å². The lowest BCUT2D eigenvalue weighted by Crippen LogP contribution is -2.36. The van der Waals surface area contributed by atoms with Gasteiger partial charge in [0.25, 0.3) is 5.91 Å². The van der Waals surface area contributed by atoms with Gasteiger partial charge in [0.1, 0.15) is 4.88 Å². The van der Waals surface area contributed by atoms with Crippen molar-refractivity contribution in [1.29, 1.82) is 0 Å². The number of halogens is 2. The highest BCUT2D eigenvalue weighted by Crippen LogP contribution is 2.34. The Morgan fingerprint density at radius 2 is 2.22 bits per heavy atom. The van der Waals surface area contributed by atoms with Crippen LogP contribution < -0.4 is 0 Å². The number of carbonyl (C=O) groups is 2. The molecule has 1 fully saturated rings. The van der Waals surface area contributed by atoms with Gasteiger partial charge < -0.3 is 10.0 Å². The zero-order valence-electron chi connectivity index (χ0n) is 15.2. The predicted octanol–water partition coefficient (Wildman–Crippen LogP) is 4.36. The van der Waals surface area contributed by atoms with E-state index in [1.165, 1.54) is 22.3 Å². The standard InChI is InChI=1S/C20H23F2NO3S/c1-2-3-4-5-6-7-9-15-14-20(21,22)19(26)23(15)13-8-10-16-11-12-17(27-16)18(24)25/h7,9,11-12,15H,4-6,8,10,13-14H2,1H3,(H,24,25)/b9-7+. The minimum atomic E-state index is -3.32. The number of unbranched alkanes of at least 4 members (excludes halogenated alkanes) is 2. The van der Waals surface area contributed by atoms with Crippen molar-refractivity contribution in [3.05, 3.63) is 34.0 Å². The van der Waals surface area contributed by atoms with Gasteiger partial charge in [0.15, 0.2) is 0 Å². The number of likely N-dealkylation sites (tertiary alicyclic amines) is 1. The van der Waals surface area contributed by atoms with E-state index < -0.39 is 30.3 Å². The molecule has 0 aliphatic carbocycles. The second kappa shape index (κ2) is 9.65. The Balaban J connectivity index is 1.89. The van der Waals surface area contributed by atoms with E-state index in [-0.39, 0.29) is 11.4 Å². The maximum atomic E-state index is 13.8. The number of carboxylic acid groups (broad SMARTS) is 1. The van der Waals surface area contributed by atoms with E-state index in [1.807, 2.05) is 6.08 Å². The average Bonchev–Trinajstić information content (AvgIpc) is 3.16. The first-order valence-corrected chi connectivity index (χ1v) is 9.74. The number of aromatic carboxylic acids is 1. The molecule has 1 N–H and O–H groups in total. The van der Waals surface area contributed by atoms with Crippen molar-refractivity contribution in [2.45, 2.75) is 57.4 Å². The number of rotatable bonds is 9.